The van der Waals surface area contributed by atoms with Crippen molar-refractivity contribution in [2.45, 2.75) is 19.9 Å². The van der Waals surface area contributed by atoms with E-state index in [1.54, 1.807) is 25.3 Å². The van der Waals surface area contributed by atoms with E-state index >= 15 is 0 Å². The van der Waals surface area contributed by atoms with E-state index in [2.05, 4.69) is 39.5 Å². The average molecular weight is 722 g/mol. The molecule has 11 nitrogen and oxygen atoms in total. The number of nitrogens with one attached hydrogen (secondary N) is 2. The minimum atomic E-state index is -1.05. The number of ether oxygens (including phenoxy) is 4. The number of carbonyl (C=O) groups is 1. The number of benzene rings is 4. The van der Waals surface area contributed by atoms with Crippen molar-refractivity contribution in [3.63, 3.8) is 0 Å². The molecule has 6 rings (SSSR count). The third-order valence-corrected chi connectivity index (χ3v) is 8.57. The zero-order valence-electron chi connectivity index (χ0n) is 28.1. The number of nitrogens with zero attached hydrogens (tertiary/aromatic N) is 2. The molecule has 0 spiro atoms. The molecule has 1 aliphatic rings. The van der Waals surface area contributed by atoms with Gasteiger partial charge in [0.25, 0.3) is 5.56 Å². The topological polar surface area (TPSA) is 135 Å². The highest BCUT2D eigenvalue weighted by Crippen LogP contribution is 2.32. The number of fused-ring (bicyclic) bond motifs is 1. The first-order valence-corrected chi connectivity index (χ1v) is 16.5. The Morgan fingerprint density at radius 2 is 1.70 bits per heavy atom. The number of hydrogen-bond donors (Lipinski definition) is 3. The van der Waals surface area contributed by atoms with E-state index in [1.807, 2.05) is 32.0 Å². The maximum absolute atomic E-state index is 12.9. The van der Waals surface area contributed by atoms with Crippen molar-refractivity contribution in [2.75, 3.05) is 47.2 Å². The Hall–Kier alpha value is -4.81. The predicted octanol–water partition coefficient (Wildman–Crippen LogP) is 6.66. The van der Waals surface area contributed by atoms with Gasteiger partial charge in [0.15, 0.2) is 6.61 Å². The van der Waals surface area contributed by atoms with Crippen LogP contribution in [0.3, 0.4) is 0 Å². The molecule has 2 heterocycles. The second-order valence-corrected chi connectivity index (χ2v) is 12.4. The van der Waals surface area contributed by atoms with Crippen LogP contribution in [-0.4, -0.2) is 73.1 Å². The van der Waals surface area contributed by atoms with Crippen LogP contribution >= 0.6 is 23.2 Å². The van der Waals surface area contributed by atoms with Crippen LogP contribution in [0.5, 0.6) is 23.0 Å². The SMILES string of the molecule is COc1cc(OC)c2c(=O)[nH]c(-c3cc(C)c(OCCN4CNC(c5ccccc5)C4)c(C)c3)nc2c1.O=C(O)COc1ccc(Cl)cc1Cl. The zero-order valence-corrected chi connectivity index (χ0v) is 29.6. The van der Waals surface area contributed by atoms with Crippen LogP contribution in [0, 0.1) is 13.8 Å². The lowest BCUT2D eigenvalue weighted by atomic mass is 10.0. The quantitative estimate of drug-likeness (QED) is 0.136. The molecule has 3 N–H and O–H groups in total. The first kappa shape index (κ1) is 36.5. The molecule has 0 amide bonds. The molecular weight excluding hydrogens is 683 g/mol. The Bertz CT molecular complexity index is 2000. The summed E-state index contributed by atoms with van der Waals surface area (Å²) < 4.78 is 21.8. The number of aryl methyl sites for hydroxylation is 2. The molecule has 4 aromatic carbocycles. The highest BCUT2D eigenvalue weighted by atomic mass is 35.5. The summed E-state index contributed by atoms with van der Waals surface area (Å²) in [6.07, 6.45) is 0. The van der Waals surface area contributed by atoms with Gasteiger partial charge in [0.2, 0.25) is 0 Å². The normalized spacial score (nSPS) is 14.2. The number of aromatic amines is 1. The molecule has 262 valence electrons. The standard InChI is InChI=1S/C29H32N4O4.C8H6Cl2O3/c1-18-12-21(28-31-23-14-22(35-3)15-25(36-4)26(23)29(34)32-28)13-19(2)27(18)37-11-10-33-16-24(30-17-33)20-8-6-5-7-9-20;9-5-1-2-7(6(10)3-5)13-4-8(11)12/h5-9,12-15,24,30H,10-11,16-17H2,1-4H3,(H,31,32,34);1-3H,4H2,(H,11,12). The molecule has 1 saturated heterocycles. The number of methoxy groups -OCH3 is 2. The summed E-state index contributed by atoms with van der Waals surface area (Å²) >= 11 is 11.3. The summed E-state index contributed by atoms with van der Waals surface area (Å²) in [5.74, 6) is 1.61. The minimum Gasteiger partial charge on any atom is -0.497 e. The highest BCUT2D eigenvalue weighted by molar-refractivity contribution is 6.35. The second-order valence-electron chi connectivity index (χ2n) is 11.6. The van der Waals surface area contributed by atoms with Crippen LogP contribution in [0.2, 0.25) is 10.0 Å². The Kier molecular flexibility index (Phi) is 12.2. The van der Waals surface area contributed by atoms with Crippen molar-refractivity contribution < 1.29 is 28.8 Å². The zero-order chi connectivity index (χ0) is 35.8. The number of H-pyrrole nitrogens is 1. The first-order chi connectivity index (χ1) is 24.1. The van der Waals surface area contributed by atoms with Crippen molar-refractivity contribution in [1.82, 2.24) is 20.2 Å². The lowest BCUT2D eigenvalue weighted by Crippen LogP contribution is -2.27. The molecule has 1 unspecified atom stereocenters. The summed E-state index contributed by atoms with van der Waals surface area (Å²) in [6, 6.07) is 22.9. The summed E-state index contributed by atoms with van der Waals surface area (Å²) in [5.41, 5.74) is 4.36. The lowest BCUT2D eigenvalue weighted by molar-refractivity contribution is -0.139. The maximum atomic E-state index is 12.9. The second kappa shape index (κ2) is 16.7. The fourth-order valence-electron chi connectivity index (χ4n) is 5.66. The summed E-state index contributed by atoms with van der Waals surface area (Å²) in [4.78, 5) is 33.1. The van der Waals surface area contributed by atoms with Gasteiger partial charge in [0, 0.05) is 48.5 Å². The Balaban J connectivity index is 0.000000315. The van der Waals surface area contributed by atoms with E-state index in [4.69, 9.17) is 52.2 Å². The maximum Gasteiger partial charge on any atom is 0.341 e. The van der Waals surface area contributed by atoms with Crippen molar-refractivity contribution in [3.8, 4) is 34.4 Å². The molecule has 0 aliphatic carbocycles. The van der Waals surface area contributed by atoms with Gasteiger partial charge in [-0.25, -0.2) is 9.78 Å². The van der Waals surface area contributed by atoms with E-state index in [9.17, 15) is 9.59 Å². The molecule has 1 fully saturated rings. The van der Waals surface area contributed by atoms with Gasteiger partial charge in [-0.2, -0.15) is 0 Å². The molecule has 0 saturated carbocycles. The van der Waals surface area contributed by atoms with E-state index in [0.717, 1.165) is 42.2 Å². The third kappa shape index (κ3) is 9.05. The molecule has 1 atom stereocenters. The fraction of sp³-hybridized carbons (Fsp3) is 0.270. The third-order valence-electron chi connectivity index (χ3n) is 8.04. The van der Waals surface area contributed by atoms with Crippen molar-refractivity contribution >= 4 is 40.1 Å². The number of rotatable bonds is 11. The van der Waals surface area contributed by atoms with Gasteiger partial charge in [-0.15, -0.1) is 0 Å². The average Bonchev–Trinajstić information content (AvgIpc) is 3.58. The predicted molar refractivity (Wildman–Crippen MR) is 194 cm³/mol. The number of carboxylic acid groups (broad SMARTS) is 1. The largest absolute Gasteiger partial charge is 0.497 e. The van der Waals surface area contributed by atoms with Crippen LogP contribution < -0.4 is 29.8 Å². The number of halogens is 2. The number of aliphatic carboxylic acids is 1. The minimum absolute atomic E-state index is 0.261. The molecule has 5 aromatic rings. The summed E-state index contributed by atoms with van der Waals surface area (Å²) in [7, 11) is 3.09. The van der Waals surface area contributed by atoms with E-state index in [1.165, 1.54) is 24.8 Å². The van der Waals surface area contributed by atoms with Crippen LogP contribution in [0.15, 0.2) is 77.6 Å². The van der Waals surface area contributed by atoms with Gasteiger partial charge in [0.1, 0.15) is 40.8 Å². The molecular formula is C37H38Cl2N4O7. The van der Waals surface area contributed by atoms with Gasteiger partial charge >= 0.3 is 5.97 Å². The molecule has 1 aliphatic heterocycles. The molecule has 13 heteroatoms. The number of carboxylic acids is 1. The Labute approximate surface area is 299 Å². The molecule has 0 radical (unpaired) electrons. The van der Waals surface area contributed by atoms with Crippen LogP contribution in [0.1, 0.15) is 22.7 Å². The smallest absolute Gasteiger partial charge is 0.341 e. The van der Waals surface area contributed by atoms with Gasteiger partial charge in [-0.3, -0.25) is 15.0 Å². The van der Waals surface area contributed by atoms with Gasteiger partial charge in [-0.1, -0.05) is 53.5 Å². The van der Waals surface area contributed by atoms with E-state index < -0.39 is 12.6 Å². The van der Waals surface area contributed by atoms with Crippen molar-refractivity contribution in [3.05, 3.63) is 110 Å². The van der Waals surface area contributed by atoms with Crippen LogP contribution in [0.25, 0.3) is 22.3 Å². The molecule has 50 heavy (non-hydrogen) atoms. The Morgan fingerprint density at radius 1 is 0.960 bits per heavy atom. The van der Waals surface area contributed by atoms with Gasteiger partial charge in [-0.05, 0) is 60.9 Å². The van der Waals surface area contributed by atoms with Crippen LogP contribution in [0.4, 0.5) is 0 Å². The first-order valence-electron chi connectivity index (χ1n) is 15.8. The number of hydrogen-bond acceptors (Lipinski definition) is 9. The highest BCUT2D eigenvalue weighted by Gasteiger charge is 2.23. The van der Waals surface area contributed by atoms with E-state index in [-0.39, 0.29) is 5.56 Å². The van der Waals surface area contributed by atoms with E-state index in [0.29, 0.717) is 56.7 Å². The number of aromatic nitrogens is 2. The summed E-state index contributed by atoms with van der Waals surface area (Å²) in [6.45, 7) is 6.84. The lowest BCUT2D eigenvalue weighted by Gasteiger charge is -2.18. The Morgan fingerprint density at radius 3 is 2.36 bits per heavy atom. The fourth-order valence-corrected chi connectivity index (χ4v) is 6.12. The van der Waals surface area contributed by atoms with Gasteiger partial charge < -0.3 is 29.0 Å². The molecule has 0 bridgehead atoms. The van der Waals surface area contributed by atoms with Gasteiger partial charge in [0.05, 0.1) is 24.8 Å². The van der Waals surface area contributed by atoms with Crippen LogP contribution in [-0.2, 0) is 4.79 Å². The molecule has 1 aromatic heterocycles. The monoisotopic (exact) mass is 720 g/mol. The van der Waals surface area contributed by atoms with Crippen molar-refractivity contribution in [1.29, 1.82) is 0 Å². The summed E-state index contributed by atoms with van der Waals surface area (Å²) in [5, 5.41) is 13.1. The van der Waals surface area contributed by atoms with Crippen molar-refractivity contribution in [2.24, 2.45) is 0 Å².